The van der Waals surface area contributed by atoms with E-state index in [1.807, 2.05) is 11.8 Å². The molecule has 7 heteroatoms. The molecule has 6 nitrogen and oxygen atoms in total. The fraction of sp³-hybridized carbons (Fsp3) is 0.643. The maximum absolute atomic E-state index is 6.25. The fourth-order valence-corrected chi connectivity index (χ4v) is 3.02. The van der Waals surface area contributed by atoms with Crippen molar-refractivity contribution in [3.8, 4) is 11.6 Å². The molecular formula is C14H21N5OS. The number of hydrogen-bond acceptors (Lipinski definition) is 6. The summed E-state index contributed by atoms with van der Waals surface area (Å²) >= 11 is 1.83. The quantitative estimate of drug-likeness (QED) is 0.852. The summed E-state index contributed by atoms with van der Waals surface area (Å²) in [4.78, 5) is 12.0. The summed E-state index contributed by atoms with van der Waals surface area (Å²) in [5.41, 5.74) is 6.70. The molecule has 0 spiro atoms. The minimum atomic E-state index is -0.298. The van der Waals surface area contributed by atoms with Gasteiger partial charge in [0.2, 0.25) is 0 Å². The van der Waals surface area contributed by atoms with Crippen LogP contribution in [-0.4, -0.2) is 25.4 Å². The molecule has 2 aromatic heterocycles. The van der Waals surface area contributed by atoms with E-state index in [9.17, 15) is 0 Å². The van der Waals surface area contributed by atoms with Gasteiger partial charge in [0.15, 0.2) is 5.82 Å². The van der Waals surface area contributed by atoms with Crippen LogP contribution in [-0.2, 0) is 11.3 Å². The van der Waals surface area contributed by atoms with Gasteiger partial charge in [-0.1, -0.05) is 19.0 Å². The van der Waals surface area contributed by atoms with Crippen LogP contribution in [0.3, 0.4) is 0 Å². The van der Waals surface area contributed by atoms with Crippen LogP contribution in [0.15, 0.2) is 10.7 Å². The predicted octanol–water partition coefficient (Wildman–Crippen LogP) is 2.83. The maximum Gasteiger partial charge on any atom is 0.276 e. The minimum absolute atomic E-state index is 0.298. The summed E-state index contributed by atoms with van der Waals surface area (Å²) in [6, 6.07) is 0. The minimum Gasteiger partial charge on any atom is -0.336 e. The van der Waals surface area contributed by atoms with E-state index in [-0.39, 0.29) is 5.54 Å². The lowest BCUT2D eigenvalue weighted by Gasteiger charge is -2.35. The van der Waals surface area contributed by atoms with E-state index < -0.39 is 0 Å². The van der Waals surface area contributed by atoms with Crippen molar-refractivity contribution in [1.29, 1.82) is 0 Å². The van der Waals surface area contributed by atoms with Crippen LogP contribution in [0.1, 0.15) is 51.2 Å². The van der Waals surface area contributed by atoms with Crippen molar-refractivity contribution in [3.05, 3.63) is 17.8 Å². The zero-order valence-corrected chi connectivity index (χ0v) is 13.2. The van der Waals surface area contributed by atoms with E-state index >= 15 is 0 Å². The molecule has 0 saturated heterocycles. The van der Waals surface area contributed by atoms with Crippen molar-refractivity contribution in [1.82, 2.24) is 20.1 Å². The lowest BCUT2D eigenvalue weighted by Crippen LogP contribution is -2.44. The van der Waals surface area contributed by atoms with Gasteiger partial charge in [-0.3, -0.25) is 0 Å². The summed E-state index contributed by atoms with van der Waals surface area (Å²) in [7, 11) is 0. The molecule has 3 rings (SSSR count). The molecule has 1 saturated carbocycles. The van der Waals surface area contributed by atoms with Gasteiger partial charge >= 0.3 is 0 Å². The molecule has 2 aromatic rings. The Morgan fingerprint density at radius 2 is 2.33 bits per heavy atom. The SMILES string of the molecule is CCC(C)SCc1noc(-c2cnc(C3(N)CCC3)[nH]2)n1. The number of nitrogens with zero attached hydrogens (tertiary/aromatic N) is 3. The standard InChI is InChI=1S/C14H21N5OS/c1-3-9(2)21-8-11-18-12(20-19-11)10-7-16-13(17-10)14(15)5-4-6-14/h7,9H,3-6,8,15H2,1-2H3,(H,16,17). The van der Waals surface area contributed by atoms with Crippen LogP contribution in [0.2, 0.25) is 0 Å². The second-order valence-corrected chi connectivity index (χ2v) is 7.13. The number of hydrogen-bond donors (Lipinski definition) is 2. The molecule has 1 aliphatic carbocycles. The Bertz CT molecular complexity index is 604. The molecule has 1 atom stereocenters. The van der Waals surface area contributed by atoms with Crippen LogP contribution >= 0.6 is 11.8 Å². The Morgan fingerprint density at radius 3 is 3.00 bits per heavy atom. The molecule has 1 fully saturated rings. The number of rotatable bonds is 6. The molecule has 0 aliphatic heterocycles. The summed E-state index contributed by atoms with van der Waals surface area (Å²) in [5.74, 6) is 2.78. The summed E-state index contributed by atoms with van der Waals surface area (Å²) in [5, 5.41) is 4.62. The number of aromatic amines is 1. The number of nitrogens with two attached hydrogens (primary N) is 1. The van der Waals surface area contributed by atoms with Crippen molar-refractivity contribution in [3.63, 3.8) is 0 Å². The van der Waals surface area contributed by atoms with E-state index in [0.717, 1.165) is 48.8 Å². The van der Waals surface area contributed by atoms with Crippen LogP contribution < -0.4 is 5.73 Å². The Labute approximate surface area is 128 Å². The molecule has 0 aromatic carbocycles. The first-order valence-corrected chi connectivity index (χ1v) is 8.44. The first-order valence-electron chi connectivity index (χ1n) is 7.39. The molecule has 2 heterocycles. The third kappa shape index (κ3) is 2.98. The molecule has 0 amide bonds. The highest BCUT2D eigenvalue weighted by molar-refractivity contribution is 7.99. The number of H-pyrrole nitrogens is 1. The molecule has 114 valence electrons. The van der Waals surface area contributed by atoms with E-state index in [1.165, 1.54) is 0 Å². The Hall–Kier alpha value is -1.34. The van der Waals surface area contributed by atoms with Crippen LogP contribution in [0, 0.1) is 0 Å². The summed E-state index contributed by atoms with van der Waals surface area (Å²) < 4.78 is 5.31. The highest BCUT2D eigenvalue weighted by atomic mass is 32.2. The summed E-state index contributed by atoms with van der Waals surface area (Å²) in [6.45, 7) is 4.38. The second kappa shape index (κ2) is 5.81. The molecule has 0 bridgehead atoms. The highest BCUT2D eigenvalue weighted by Gasteiger charge is 2.37. The monoisotopic (exact) mass is 307 g/mol. The average molecular weight is 307 g/mol. The van der Waals surface area contributed by atoms with Crippen molar-refractivity contribution in [2.24, 2.45) is 5.73 Å². The first-order chi connectivity index (χ1) is 10.1. The van der Waals surface area contributed by atoms with E-state index in [2.05, 4.69) is 34.0 Å². The van der Waals surface area contributed by atoms with Crippen molar-refractivity contribution in [2.45, 2.75) is 56.1 Å². The number of thioether (sulfide) groups is 1. The van der Waals surface area contributed by atoms with Gasteiger partial charge < -0.3 is 15.2 Å². The smallest absolute Gasteiger partial charge is 0.276 e. The Morgan fingerprint density at radius 1 is 1.52 bits per heavy atom. The number of imidazole rings is 1. The largest absolute Gasteiger partial charge is 0.336 e. The van der Waals surface area contributed by atoms with Gasteiger partial charge in [0, 0.05) is 5.25 Å². The Kier molecular flexibility index (Phi) is 4.03. The highest BCUT2D eigenvalue weighted by Crippen LogP contribution is 2.37. The predicted molar refractivity (Wildman–Crippen MR) is 82.6 cm³/mol. The van der Waals surface area contributed by atoms with Crippen molar-refractivity contribution >= 4 is 11.8 Å². The lowest BCUT2D eigenvalue weighted by molar-refractivity contribution is 0.240. The number of nitrogens with one attached hydrogen (secondary N) is 1. The van der Waals surface area contributed by atoms with E-state index in [4.69, 9.17) is 10.3 Å². The van der Waals surface area contributed by atoms with E-state index in [1.54, 1.807) is 6.20 Å². The normalized spacial score (nSPS) is 18.4. The molecular weight excluding hydrogens is 286 g/mol. The van der Waals surface area contributed by atoms with Crippen molar-refractivity contribution in [2.75, 3.05) is 0 Å². The zero-order valence-electron chi connectivity index (χ0n) is 12.4. The van der Waals surface area contributed by atoms with Gasteiger partial charge in [0.25, 0.3) is 5.89 Å². The Balaban J connectivity index is 1.68. The van der Waals surface area contributed by atoms with Crippen molar-refractivity contribution < 1.29 is 4.52 Å². The molecule has 1 unspecified atom stereocenters. The van der Waals surface area contributed by atoms with Gasteiger partial charge in [-0.2, -0.15) is 16.7 Å². The van der Waals surface area contributed by atoms with Gasteiger partial charge in [0.1, 0.15) is 11.5 Å². The third-order valence-corrected chi connectivity index (χ3v) is 5.39. The van der Waals surface area contributed by atoms with Crippen LogP contribution in [0.5, 0.6) is 0 Å². The van der Waals surface area contributed by atoms with Gasteiger partial charge in [-0.25, -0.2) is 4.98 Å². The first kappa shape index (κ1) is 14.6. The van der Waals surface area contributed by atoms with Crippen LogP contribution in [0.4, 0.5) is 0 Å². The maximum atomic E-state index is 6.25. The molecule has 3 N–H and O–H groups in total. The van der Waals surface area contributed by atoms with Gasteiger partial charge in [-0.15, -0.1) is 0 Å². The van der Waals surface area contributed by atoms with E-state index in [0.29, 0.717) is 11.1 Å². The van der Waals surface area contributed by atoms with Crippen LogP contribution in [0.25, 0.3) is 11.6 Å². The lowest BCUT2D eigenvalue weighted by atomic mass is 9.77. The topological polar surface area (TPSA) is 93.6 Å². The molecule has 1 aliphatic rings. The van der Waals surface area contributed by atoms with Gasteiger partial charge in [0.05, 0.1) is 17.5 Å². The zero-order chi connectivity index (χ0) is 14.9. The van der Waals surface area contributed by atoms with Gasteiger partial charge in [-0.05, 0) is 25.7 Å². The summed E-state index contributed by atoms with van der Waals surface area (Å²) in [6.07, 6.45) is 5.96. The third-order valence-electron chi connectivity index (χ3n) is 4.06. The fourth-order valence-electron chi connectivity index (χ4n) is 2.23. The second-order valence-electron chi connectivity index (χ2n) is 5.70. The molecule has 21 heavy (non-hydrogen) atoms. The average Bonchev–Trinajstić information content (AvgIpc) is 3.10. The number of aromatic nitrogens is 4. The molecule has 0 radical (unpaired) electrons.